The molecule has 0 aliphatic carbocycles. The number of halogens is 1. The van der Waals surface area contributed by atoms with Crippen molar-refractivity contribution in [3.63, 3.8) is 0 Å². The standard InChI is InChI=1S/C37H26BrN3/c38-32-22-30(33-15-7-13-28-14-8-20-39-36(28)33)21-31(23-32)35-24-34(40-37(41-35)29-11-5-2-6-12-29)27-18-16-26(17-19-27)25-9-3-1-4-10-25/h1-24,37,40H. The topological polar surface area (TPSA) is 37.3 Å². The van der Waals surface area contributed by atoms with Crippen molar-refractivity contribution in [1.82, 2.24) is 10.3 Å². The molecule has 0 saturated carbocycles. The normalized spacial score (nSPS) is 14.7. The molecule has 0 radical (unpaired) electrons. The molecule has 1 unspecified atom stereocenters. The molecule has 0 fully saturated rings. The molecule has 3 nitrogen and oxygen atoms in total. The van der Waals surface area contributed by atoms with E-state index in [4.69, 9.17) is 9.98 Å². The quantitative estimate of drug-likeness (QED) is 0.217. The van der Waals surface area contributed by atoms with Crippen LogP contribution < -0.4 is 5.32 Å². The predicted octanol–water partition coefficient (Wildman–Crippen LogP) is 9.46. The van der Waals surface area contributed by atoms with E-state index in [0.29, 0.717) is 0 Å². The molecule has 5 aromatic carbocycles. The van der Waals surface area contributed by atoms with Gasteiger partial charge in [-0.05, 0) is 58.2 Å². The van der Waals surface area contributed by atoms with Crippen LogP contribution in [-0.2, 0) is 0 Å². The highest BCUT2D eigenvalue weighted by Gasteiger charge is 2.20. The lowest BCUT2D eigenvalue weighted by atomic mass is 9.96. The number of aliphatic imine (C=N–C) groups is 1. The molecule has 7 rings (SSSR count). The Morgan fingerprint density at radius 2 is 1.27 bits per heavy atom. The summed E-state index contributed by atoms with van der Waals surface area (Å²) in [5.41, 5.74) is 10.8. The number of nitrogens with zero attached hydrogens (tertiary/aromatic N) is 2. The Labute approximate surface area is 248 Å². The van der Waals surface area contributed by atoms with Gasteiger partial charge in [0, 0.05) is 32.9 Å². The van der Waals surface area contributed by atoms with Crippen molar-refractivity contribution in [2.45, 2.75) is 6.17 Å². The lowest BCUT2D eigenvalue weighted by Crippen LogP contribution is -2.24. The lowest BCUT2D eigenvalue weighted by molar-refractivity contribution is 0.664. The highest BCUT2D eigenvalue weighted by Crippen LogP contribution is 2.33. The number of pyridine rings is 1. The first-order valence-electron chi connectivity index (χ1n) is 13.6. The number of para-hydroxylation sites is 1. The molecule has 0 amide bonds. The number of nitrogens with one attached hydrogen (secondary N) is 1. The van der Waals surface area contributed by atoms with Crippen LogP contribution in [0.5, 0.6) is 0 Å². The van der Waals surface area contributed by atoms with E-state index in [1.807, 2.05) is 24.4 Å². The number of hydrogen-bond donors (Lipinski definition) is 1. The number of allylic oxidation sites excluding steroid dienone is 1. The van der Waals surface area contributed by atoms with Gasteiger partial charge in [-0.1, -0.05) is 125 Å². The van der Waals surface area contributed by atoms with Crippen molar-refractivity contribution in [3.8, 4) is 22.3 Å². The number of rotatable bonds is 5. The summed E-state index contributed by atoms with van der Waals surface area (Å²) in [5, 5.41) is 4.80. The van der Waals surface area contributed by atoms with E-state index in [9.17, 15) is 0 Å². The molecule has 1 atom stereocenters. The summed E-state index contributed by atoms with van der Waals surface area (Å²) >= 11 is 3.78. The molecule has 41 heavy (non-hydrogen) atoms. The fraction of sp³-hybridized carbons (Fsp3) is 0.0270. The Balaban J connectivity index is 1.32. The first-order chi connectivity index (χ1) is 20.2. The van der Waals surface area contributed by atoms with Gasteiger partial charge in [-0.3, -0.25) is 9.98 Å². The summed E-state index contributed by atoms with van der Waals surface area (Å²) in [4.78, 5) is 9.89. The van der Waals surface area contributed by atoms with Gasteiger partial charge in [0.2, 0.25) is 0 Å². The Bertz CT molecular complexity index is 1900. The molecule has 2 heterocycles. The molecular formula is C37H26BrN3. The molecule has 196 valence electrons. The maximum Gasteiger partial charge on any atom is 0.145 e. The summed E-state index contributed by atoms with van der Waals surface area (Å²) < 4.78 is 0.998. The predicted molar refractivity (Wildman–Crippen MR) is 174 cm³/mol. The fourth-order valence-electron chi connectivity index (χ4n) is 5.36. The molecular weight excluding hydrogens is 566 g/mol. The van der Waals surface area contributed by atoms with Crippen LogP contribution in [0.2, 0.25) is 0 Å². The Morgan fingerprint density at radius 1 is 0.585 bits per heavy atom. The fourth-order valence-corrected chi connectivity index (χ4v) is 5.85. The maximum absolute atomic E-state index is 5.19. The van der Waals surface area contributed by atoms with Gasteiger partial charge < -0.3 is 5.32 Å². The summed E-state index contributed by atoms with van der Waals surface area (Å²) in [6.45, 7) is 0. The molecule has 1 aromatic heterocycles. The third kappa shape index (κ3) is 5.22. The minimum atomic E-state index is -0.207. The van der Waals surface area contributed by atoms with E-state index in [1.54, 1.807) is 0 Å². The van der Waals surface area contributed by atoms with Gasteiger partial charge in [-0.25, -0.2) is 0 Å². The van der Waals surface area contributed by atoms with Crippen molar-refractivity contribution in [3.05, 3.63) is 167 Å². The maximum atomic E-state index is 5.19. The zero-order chi connectivity index (χ0) is 27.6. The minimum Gasteiger partial charge on any atom is -0.360 e. The first kappa shape index (κ1) is 25.2. The molecule has 1 N–H and O–H groups in total. The van der Waals surface area contributed by atoms with E-state index in [0.717, 1.165) is 54.6 Å². The Kier molecular flexibility index (Phi) is 6.75. The second-order valence-corrected chi connectivity index (χ2v) is 11.0. The van der Waals surface area contributed by atoms with Crippen LogP contribution in [0.25, 0.3) is 38.9 Å². The van der Waals surface area contributed by atoms with Gasteiger partial charge in [-0.15, -0.1) is 0 Å². The van der Waals surface area contributed by atoms with E-state index >= 15 is 0 Å². The zero-order valence-corrected chi connectivity index (χ0v) is 23.8. The SMILES string of the molecule is Brc1cc(C2=NC(c3ccccc3)NC(c3ccc(-c4ccccc4)cc3)=C2)cc(-c2cccc3cccnc23)c1. The molecule has 1 aliphatic rings. The van der Waals surface area contributed by atoms with Gasteiger partial charge in [0.25, 0.3) is 0 Å². The number of benzene rings is 5. The van der Waals surface area contributed by atoms with E-state index in [-0.39, 0.29) is 6.17 Å². The smallest absolute Gasteiger partial charge is 0.145 e. The molecule has 1 aliphatic heterocycles. The van der Waals surface area contributed by atoms with Crippen molar-refractivity contribution < 1.29 is 0 Å². The van der Waals surface area contributed by atoms with Crippen LogP contribution in [0.4, 0.5) is 0 Å². The second kappa shape index (κ2) is 11.0. The van der Waals surface area contributed by atoms with Crippen LogP contribution in [0.3, 0.4) is 0 Å². The molecule has 0 spiro atoms. The molecule has 4 heteroatoms. The highest BCUT2D eigenvalue weighted by atomic mass is 79.9. The van der Waals surface area contributed by atoms with Crippen LogP contribution >= 0.6 is 15.9 Å². The third-order valence-corrected chi connectivity index (χ3v) is 7.85. The van der Waals surface area contributed by atoms with Crippen molar-refractivity contribution in [2.24, 2.45) is 4.99 Å². The second-order valence-electron chi connectivity index (χ2n) is 10.1. The van der Waals surface area contributed by atoms with Crippen molar-refractivity contribution >= 4 is 38.2 Å². The molecule has 0 saturated heterocycles. The Hall–Kier alpha value is -4.80. The average Bonchev–Trinajstić information content (AvgIpc) is 3.05. The largest absolute Gasteiger partial charge is 0.360 e. The van der Waals surface area contributed by atoms with E-state index < -0.39 is 0 Å². The van der Waals surface area contributed by atoms with Gasteiger partial charge in [0.15, 0.2) is 0 Å². The van der Waals surface area contributed by atoms with Crippen LogP contribution in [0, 0.1) is 0 Å². The van der Waals surface area contributed by atoms with Gasteiger partial charge >= 0.3 is 0 Å². The van der Waals surface area contributed by atoms with Crippen LogP contribution in [0.1, 0.15) is 22.9 Å². The number of hydrogen-bond acceptors (Lipinski definition) is 3. The highest BCUT2D eigenvalue weighted by molar-refractivity contribution is 9.10. The van der Waals surface area contributed by atoms with Crippen molar-refractivity contribution in [1.29, 1.82) is 0 Å². The van der Waals surface area contributed by atoms with Gasteiger partial charge in [-0.2, -0.15) is 0 Å². The van der Waals surface area contributed by atoms with Crippen LogP contribution in [-0.4, -0.2) is 10.7 Å². The summed E-state index contributed by atoms with van der Waals surface area (Å²) in [6, 6.07) is 46.5. The van der Waals surface area contributed by atoms with E-state index in [1.165, 1.54) is 11.1 Å². The average molecular weight is 593 g/mol. The minimum absolute atomic E-state index is 0.207. The zero-order valence-electron chi connectivity index (χ0n) is 22.2. The Morgan fingerprint density at radius 3 is 2.07 bits per heavy atom. The number of aromatic nitrogens is 1. The first-order valence-corrected chi connectivity index (χ1v) is 14.4. The summed E-state index contributed by atoms with van der Waals surface area (Å²) in [5.74, 6) is 0. The van der Waals surface area contributed by atoms with E-state index in [2.05, 4.69) is 143 Å². The summed E-state index contributed by atoms with van der Waals surface area (Å²) in [7, 11) is 0. The lowest BCUT2D eigenvalue weighted by Gasteiger charge is -2.25. The number of fused-ring (bicyclic) bond motifs is 1. The summed E-state index contributed by atoms with van der Waals surface area (Å²) in [6.07, 6.45) is 3.80. The third-order valence-electron chi connectivity index (χ3n) is 7.40. The molecule has 0 bridgehead atoms. The van der Waals surface area contributed by atoms with Gasteiger partial charge in [0.1, 0.15) is 6.17 Å². The molecule has 6 aromatic rings. The van der Waals surface area contributed by atoms with Crippen LogP contribution in [0.15, 0.2) is 155 Å². The van der Waals surface area contributed by atoms with Crippen molar-refractivity contribution in [2.75, 3.05) is 0 Å². The monoisotopic (exact) mass is 591 g/mol. The van der Waals surface area contributed by atoms with Gasteiger partial charge in [0.05, 0.1) is 11.2 Å².